The van der Waals surface area contributed by atoms with Gasteiger partial charge in [-0.2, -0.15) is 0 Å². The second kappa shape index (κ2) is 42.4. The van der Waals surface area contributed by atoms with Crippen LogP contribution < -0.4 is 59.1 Å². The molecule has 0 bridgehead atoms. The summed E-state index contributed by atoms with van der Waals surface area (Å²) in [5.41, 5.74) is 0. The largest absolute Gasteiger partial charge is 1.00 e. The van der Waals surface area contributed by atoms with Crippen LogP contribution in [0.3, 0.4) is 0 Å². The molecule has 3 heteroatoms. The summed E-state index contributed by atoms with van der Waals surface area (Å²) >= 11 is 0. The normalized spacial score (nSPS) is 11.8. The molecule has 0 nitrogen and oxygen atoms in total. The van der Waals surface area contributed by atoms with Crippen LogP contribution in [0.2, 0.25) is 0 Å². The van der Waals surface area contributed by atoms with Crippen molar-refractivity contribution in [2.45, 2.75) is 233 Å². The predicted molar refractivity (Wildman–Crippen MR) is 197 cm³/mol. The summed E-state index contributed by atoms with van der Waals surface area (Å²) in [7, 11) is -0.402. The first-order valence-electron chi connectivity index (χ1n) is 20.0. The Hall–Kier alpha value is 2.35. The Balaban J connectivity index is -0.00000800. The molecule has 0 spiro atoms. The number of hydrogen-bond acceptors (Lipinski definition) is 0. The molecule has 0 amide bonds. The average molecular weight is 643 g/mol. The maximum absolute atomic E-state index is 2.34. The van der Waals surface area contributed by atoms with Gasteiger partial charge in [0, 0.05) is 0 Å². The molecule has 0 rings (SSSR count). The number of hydrogen-bond donors (Lipinski definition) is 0. The van der Waals surface area contributed by atoms with Gasteiger partial charge in [-0.1, -0.05) is 233 Å². The third-order valence-corrected chi connectivity index (χ3v) is 14.3. The molecule has 252 valence electrons. The standard InChI is InChI=1S/C40H84S.2Na/c1-5-9-13-17-21-25-29-33-37-41(38-34-30-26-22-18-14-10-6-2,39-35-31-27-23-19-15-11-7-3)40-36-32-28-24-20-16-12-8-4;;/h5-40H2,1-4H3;;/q-2;2*+1. The summed E-state index contributed by atoms with van der Waals surface area (Å²) in [6.07, 6.45) is 47.4. The average Bonchev–Trinajstić information content (AvgIpc) is 2.98. The van der Waals surface area contributed by atoms with E-state index < -0.39 is 10.0 Å². The summed E-state index contributed by atoms with van der Waals surface area (Å²) in [5.74, 6) is 6.52. The molecular weight excluding hydrogens is 558 g/mol. The van der Waals surface area contributed by atoms with E-state index in [9.17, 15) is 0 Å². The Kier molecular flexibility index (Phi) is 49.0. The van der Waals surface area contributed by atoms with Crippen molar-refractivity contribution >= 4 is 10.0 Å². The smallest absolute Gasteiger partial charge is 0.733 e. The molecule has 0 radical (unpaired) electrons. The number of unbranched alkanes of at least 4 members (excludes halogenated alkanes) is 28. The molecule has 0 saturated heterocycles. The molecule has 43 heavy (non-hydrogen) atoms. The van der Waals surface area contributed by atoms with Crippen LogP contribution in [-0.2, 0) is 10.0 Å². The van der Waals surface area contributed by atoms with Gasteiger partial charge in [-0.3, -0.25) is 0 Å². The first kappa shape index (κ1) is 49.7. The van der Waals surface area contributed by atoms with Crippen LogP contribution in [0.4, 0.5) is 0 Å². The van der Waals surface area contributed by atoms with Crippen molar-refractivity contribution in [2.75, 3.05) is 23.0 Å². The fourth-order valence-corrected chi connectivity index (χ4v) is 11.3. The van der Waals surface area contributed by atoms with Gasteiger partial charge in [-0.15, -0.1) is 0 Å². The quantitative estimate of drug-likeness (QED) is 0.0474. The van der Waals surface area contributed by atoms with Crippen molar-refractivity contribution in [1.29, 1.82) is 0 Å². The van der Waals surface area contributed by atoms with Gasteiger partial charge in [0.15, 0.2) is 0 Å². The van der Waals surface area contributed by atoms with E-state index in [1.54, 1.807) is 48.7 Å². The fourth-order valence-electron chi connectivity index (χ4n) is 6.78. The summed E-state index contributed by atoms with van der Waals surface area (Å²) in [6, 6.07) is 0. The van der Waals surface area contributed by atoms with Crippen molar-refractivity contribution in [3.63, 3.8) is 0 Å². The first-order chi connectivity index (χ1) is 20.2. The minimum absolute atomic E-state index is 0. The second-order valence-corrected chi connectivity index (χ2v) is 18.0. The van der Waals surface area contributed by atoms with Crippen LogP contribution in [0.15, 0.2) is 0 Å². The molecule has 0 unspecified atom stereocenters. The van der Waals surface area contributed by atoms with Crippen LogP contribution >= 0.6 is 0 Å². The maximum atomic E-state index is 2.34. The summed E-state index contributed by atoms with van der Waals surface area (Å²) < 4.78 is 0. The molecule has 0 aromatic rings. The van der Waals surface area contributed by atoms with Crippen molar-refractivity contribution in [1.82, 2.24) is 0 Å². The minimum atomic E-state index is -0.402. The second-order valence-electron chi connectivity index (χ2n) is 13.9. The van der Waals surface area contributed by atoms with Crippen LogP contribution in [-0.4, -0.2) is 23.0 Å². The molecule has 0 aromatic heterocycles. The van der Waals surface area contributed by atoms with E-state index in [1.165, 1.54) is 180 Å². The van der Waals surface area contributed by atoms with Gasteiger partial charge in [0.25, 0.3) is 0 Å². The van der Waals surface area contributed by atoms with Crippen LogP contribution in [0, 0.1) is 0 Å². The van der Waals surface area contributed by atoms with E-state index in [1.807, 2.05) is 0 Å². The Morgan fingerprint density at radius 3 is 0.512 bits per heavy atom. The van der Waals surface area contributed by atoms with Gasteiger partial charge in [-0.25, -0.2) is 23.0 Å². The van der Waals surface area contributed by atoms with Crippen molar-refractivity contribution in [3.8, 4) is 0 Å². The van der Waals surface area contributed by atoms with E-state index in [0.29, 0.717) is 0 Å². The van der Waals surface area contributed by atoms with E-state index in [4.69, 9.17) is 0 Å². The van der Waals surface area contributed by atoms with Gasteiger partial charge >= 0.3 is 59.1 Å². The molecule has 0 aliphatic carbocycles. The van der Waals surface area contributed by atoms with Gasteiger partial charge in [0.05, 0.1) is 0 Å². The molecule has 0 aliphatic rings. The zero-order valence-corrected chi connectivity index (χ0v) is 36.7. The Bertz CT molecular complexity index is 384. The van der Waals surface area contributed by atoms with Gasteiger partial charge in [-0.05, 0) is 0 Å². The molecule has 0 aliphatic heterocycles. The molecular formula is C40H84Na2S. The SMILES string of the molecule is CCCCCCCCCC[S-2](CCCCCCCCCC)(CCCCCCCCCC)CCCCCCCCCC.[Na+].[Na+]. The van der Waals surface area contributed by atoms with E-state index in [0.717, 1.165) is 0 Å². The van der Waals surface area contributed by atoms with Crippen LogP contribution in [0.1, 0.15) is 233 Å². The Labute approximate surface area is 322 Å². The van der Waals surface area contributed by atoms with Crippen molar-refractivity contribution < 1.29 is 59.1 Å². The van der Waals surface area contributed by atoms with E-state index >= 15 is 0 Å². The van der Waals surface area contributed by atoms with Gasteiger partial charge in [0.1, 0.15) is 0 Å². The van der Waals surface area contributed by atoms with E-state index in [-0.39, 0.29) is 59.1 Å². The van der Waals surface area contributed by atoms with Gasteiger partial charge in [0.2, 0.25) is 0 Å². The number of rotatable bonds is 36. The summed E-state index contributed by atoms with van der Waals surface area (Å²) in [4.78, 5) is 0. The van der Waals surface area contributed by atoms with Crippen LogP contribution in [0.25, 0.3) is 0 Å². The zero-order chi connectivity index (χ0) is 30.0. The fraction of sp³-hybridized carbons (Fsp3) is 1.00. The van der Waals surface area contributed by atoms with Crippen molar-refractivity contribution in [2.24, 2.45) is 0 Å². The topological polar surface area (TPSA) is 0 Å². The summed E-state index contributed by atoms with van der Waals surface area (Å²) in [5, 5.41) is 0. The molecule has 0 heterocycles. The third kappa shape index (κ3) is 37.0. The predicted octanol–water partition coefficient (Wildman–Crippen LogP) is 8.71. The monoisotopic (exact) mass is 643 g/mol. The zero-order valence-electron chi connectivity index (χ0n) is 31.9. The molecule has 0 atom stereocenters. The Morgan fingerprint density at radius 2 is 0.349 bits per heavy atom. The van der Waals surface area contributed by atoms with Gasteiger partial charge < -0.3 is 10.0 Å². The maximum Gasteiger partial charge on any atom is 1.00 e. The minimum Gasteiger partial charge on any atom is -0.733 e. The molecule has 0 saturated carbocycles. The first-order valence-corrected chi connectivity index (χ1v) is 22.3. The van der Waals surface area contributed by atoms with E-state index in [2.05, 4.69) is 27.7 Å². The molecule has 0 aromatic carbocycles. The molecule has 0 N–H and O–H groups in total. The Morgan fingerprint density at radius 1 is 0.209 bits per heavy atom. The third-order valence-electron chi connectivity index (χ3n) is 9.72. The van der Waals surface area contributed by atoms with Crippen molar-refractivity contribution in [3.05, 3.63) is 0 Å². The van der Waals surface area contributed by atoms with Crippen LogP contribution in [0.5, 0.6) is 0 Å². The summed E-state index contributed by atoms with van der Waals surface area (Å²) in [6.45, 7) is 9.36. The molecule has 0 fully saturated rings.